The number of hydrogen-bond acceptors (Lipinski definition) is 5. The maximum absolute atomic E-state index is 10.5. The molecule has 68 valence electrons. The van der Waals surface area contributed by atoms with Crippen LogP contribution in [-0.2, 0) is 4.79 Å². The van der Waals surface area contributed by atoms with Crippen molar-refractivity contribution in [3.8, 4) is 0 Å². The molecular weight excluding hydrogens is 196 g/mol. The van der Waals surface area contributed by atoms with Crippen molar-refractivity contribution in [3.05, 3.63) is 17.5 Å². The van der Waals surface area contributed by atoms with E-state index < -0.39 is 11.9 Å². The van der Waals surface area contributed by atoms with Crippen LogP contribution in [0.1, 0.15) is 16.2 Å². The van der Waals surface area contributed by atoms with Gasteiger partial charge in [0.15, 0.2) is 5.69 Å². The first-order chi connectivity index (χ1) is 6.11. The van der Waals surface area contributed by atoms with Gasteiger partial charge in [-0.15, -0.1) is 0 Å². The molecule has 0 amide bonds. The van der Waals surface area contributed by atoms with Crippen LogP contribution in [0.4, 0.5) is 0 Å². The average Bonchev–Trinajstić information content (AvgIpc) is 2.47. The second kappa shape index (κ2) is 3.76. The van der Waals surface area contributed by atoms with Crippen LogP contribution >= 0.6 is 11.7 Å². The molecule has 0 aromatic carbocycles. The van der Waals surface area contributed by atoms with E-state index in [1.54, 1.807) is 0 Å². The average molecular weight is 200 g/mol. The molecule has 0 spiro atoms. The molecule has 0 fully saturated rings. The molecule has 1 heterocycles. The van der Waals surface area contributed by atoms with Gasteiger partial charge in [-0.25, -0.2) is 9.59 Å². The van der Waals surface area contributed by atoms with Crippen molar-refractivity contribution in [2.45, 2.75) is 0 Å². The third-order valence-corrected chi connectivity index (χ3v) is 1.64. The standard InChI is InChI=1S/C6H4N2O4S/c9-4(10)2-1-3-5(6(11)12)8-13-7-3/h1-2H,(H,9,10)(H,11,12)/b2-1-. The topological polar surface area (TPSA) is 100 Å². The first-order valence-electron chi connectivity index (χ1n) is 3.08. The zero-order chi connectivity index (χ0) is 9.84. The largest absolute Gasteiger partial charge is 0.478 e. The summed E-state index contributed by atoms with van der Waals surface area (Å²) in [6.45, 7) is 0. The van der Waals surface area contributed by atoms with E-state index in [-0.39, 0.29) is 11.4 Å². The molecule has 0 atom stereocenters. The van der Waals surface area contributed by atoms with Crippen molar-refractivity contribution < 1.29 is 19.8 Å². The lowest BCUT2D eigenvalue weighted by Crippen LogP contribution is -1.99. The lowest BCUT2D eigenvalue weighted by Gasteiger charge is -1.86. The summed E-state index contributed by atoms with van der Waals surface area (Å²) >= 11 is 0.721. The highest BCUT2D eigenvalue weighted by Gasteiger charge is 2.12. The molecule has 0 aliphatic heterocycles. The molecule has 0 aliphatic carbocycles. The number of rotatable bonds is 3. The summed E-state index contributed by atoms with van der Waals surface area (Å²) in [5.74, 6) is -2.39. The van der Waals surface area contributed by atoms with Crippen LogP contribution in [0.25, 0.3) is 6.08 Å². The van der Waals surface area contributed by atoms with Gasteiger partial charge in [0.25, 0.3) is 0 Å². The van der Waals surface area contributed by atoms with Gasteiger partial charge in [0.2, 0.25) is 0 Å². The van der Waals surface area contributed by atoms with Crippen LogP contribution in [-0.4, -0.2) is 30.9 Å². The van der Waals surface area contributed by atoms with Crippen LogP contribution in [0, 0.1) is 0 Å². The molecule has 13 heavy (non-hydrogen) atoms. The third-order valence-electron chi connectivity index (χ3n) is 1.10. The second-order valence-corrected chi connectivity index (χ2v) is 2.50. The summed E-state index contributed by atoms with van der Waals surface area (Å²) in [5, 5.41) is 16.8. The Kier molecular flexibility index (Phi) is 2.70. The molecule has 1 aromatic rings. The summed E-state index contributed by atoms with van der Waals surface area (Å²) in [6, 6.07) is 0. The van der Waals surface area contributed by atoms with E-state index in [9.17, 15) is 9.59 Å². The van der Waals surface area contributed by atoms with Crippen LogP contribution in [0.2, 0.25) is 0 Å². The van der Waals surface area contributed by atoms with Crippen LogP contribution in [0.3, 0.4) is 0 Å². The lowest BCUT2D eigenvalue weighted by molar-refractivity contribution is -0.131. The van der Waals surface area contributed by atoms with Gasteiger partial charge in [-0.1, -0.05) is 0 Å². The molecule has 0 saturated heterocycles. The molecule has 0 saturated carbocycles. The monoisotopic (exact) mass is 200 g/mol. The minimum atomic E-state index is -1.22. The zero-order valence-electron chi connectivity index (χ0n) is 6.17. The number of carbonyl (C=O) groups is 2. The number of hydrogen-bond donors (Lipinski definition) is 2. The molecule has 1 rings (SSSR count). The summed E-state index contributed by atoms with van der Waals surface area (Å²) in [7, 11) is 0. The number of aromatic nitrogens is 2. The van der Waals surface area contributed by atoms with Gasteiger partial charge in [-0.2, -0.15) is 8.75 Å². The zero-order valence-corrected chi connectivity index (χ0v) is 6.98. The predicted molar refractivity (Wildman–Crippen MR) is 43.5 cm³/mol. The second-order valence-electron chi connectivity index (χ2n) is 1.97. The van der Waals surface area contributed by atoms with Crippen molar-refractivity contribution in [1.29, 1.82) is 0 Å². The normalized spacial score (nSPS) is 10.5. The number of carboxylic acid groups (broad SMARTS) is 2. The van der Waals surface area contributed by atoms with Gasteiger partial charge in [0.1, 0.15) is 5.69 Å². The van der Waals surface area contributed by atoms with Gasteiger partial charge in [-0.3, -0.25) is 0 Å². The Hall–Kier alpha value is -1.76. The van der Waals surface area contributed by atoms with Crippen LogP contribution < -0.4 is 0 Å². The van der Waals surface area contributed by atoms with Crippen molar-refractivity contribution in [2.24, 2.45) is 0 Å². The van der Waals surface area contributed by atoms with Gasteiger partial charge in [-0.05, 0) is 6.08 Å². The smallest absolute Gasteiger partial charge is 0.357 e. The van der Waals surface area contributed by atoms with Gasteiger partial charge in [0, 0.05) is 6.08 Å². The molecule has 1 aromatic heterocycles. The number of aliphatic carboxylic acids is 1. The van der Waals surface area contributed by atoms with Crippen LogP contribution in [0.15, 0.2) is 6.08 Å². The Labute approximate surface area is 76.5 Å². The predicted octanol–water partition coefficient (Wildman–Crippen LogP) is 0.334. The van der Waals surface area contributed by atoms with E-state index >= 15 is 0 Å². The minimum Gasteiger partial charge on any atom is -0.478 e. The Morgan fingerprint density at radius 1 is 1.31 bits per heavy atom. The SMILES string of the molecule is O=C(O)/C=C\c1nsnc1C(=O)O. The molecule has 0 bridgehead atoms. The Balaban J connectivity index is 2.95. The van der Waals surface area contributed by atoms with E-state index in [1.165, 1.54) is 0 Å². The van der Waals surface area contributed by atoms with Crippen LogP contribution in [0.5, 0.6) is 0 Å². The van der Waals surface area contributed by atoms with Gasteiger partial charge >= 0.3 is 11.9 Å². The summed E-state index contributed by atoms with van der Waals surface area (Å²) in [5.41, 5.74) is -0.178. The Morgan fingerprint density at radius 3 is 2.54 bits per heavy atom. The molecule has 6 nitrogen and oxygen atoms in total. The maximum Gasteiger partial charge on any atom is 0.357 e. The Morgan fingerprint density at radius 2 is 2.00 bits per heavy atom. The molecule has 0 unspecified atom stereocenters. The van der Waals surface area contributed by atoms with Crippen molar-refractivity contribution in [3.63, 3.8) is 0 Å². The van der Waals surface area contributed by atoms with E-state index in [0.29, 0.717) is 0 Å². The highest BCUT2D eigenvalue weighted by Crippen LogP contribution is 2.07. The first kappa shape index (κ1) is 9.33. The highest BCUT2D eigenvalue weighted by molar-refractivity contribution is 6.99. The lowest BCUT2D eigenvalue weighted by atomic mass is 10.3. The van der Waals surface area contributed by atoms with E-state index in [1.807, 2.05) is 0 Å². The molecule has 7 heteroatoms. The fourth-order valence-corrected chi connectivity index (χ4v) is 1.13. The number of aromatic carboxylic acids is 1. The van der Waals surface area contributed by atoms with E-state index in [0.717, 1.165) is 23.9 Å². The fourth-order valence-electron chi connectivity index (χ4n) is 0.603. The number of carboxylic acids is 2. The third kappa shape index (κ3) is 2.34. The van der Waals surface area contributed by atoms with E-state index in [2.05, 4.69) is 8.75 Å². The number of nitrogens with zero attached hydrogens (tertiary/aromatic N) is 2. The fraction of sp³-hybridized carbons (Fsp3) is 0. The van der Waals surface area contributed by atoms with Crippen molar-refractivity contribution in [1.82, 2.24) is 8.75 Å². The van der Waals surface area contributed by atoms with E-state index in [4.69, 9.17) is 10.2 Å². The van der Waals surface area contributed by atoms with Crippen molar-refractivity contribution in [2.75, 3.05) is 0 Å². The summed E-state index contributed by atoms with van der Waals surface area (Å²) in [4.78, 5) is 20.5. The summed E-state index contributed by atoms with van der Waals surface area (Å²) in [6.07, 6.45) is 1.90. The van der Waals surface area contributed by atoms with Gasteiger partial charge < -0.3 is 10.2 Å². The molecule has 2 N–H and O–H groups in total. The molecule has 0 radical (unpaired) electrons. The van der Waals surface area contributed by atoms with Crippen molar-refractivity contribution >= 4 is 29.7 Å². The van der Waals surface area contributed by atoms with Gasteiger partial charge in [0.05, 0.1) is 11.7 Å². The minimum absolute atomic E-state index is 0.0555. The quantitative estimate of drug-likeness (QED) is 0.682. The Bertz CT molecular complexity index is 370. The highest BCUT2D eigenvalue weighted by atomic mass is 32.1. The molecular formula is C6H4N2O4S. The maximum atomic E-state index is 10.5. The summed E-state index contributed by atoms with van der Waals surface area (Å²) < 4.78 is 7.09. The first-order valence-corrected chi connectivity index (χ1v) is 3.81. The molecule has 0 aliphatic rings.